The second-order valence-corrected chi connectivity index (χ2v) is 7.56. The lowest BCUT2D eigenvalue weighted by Gasteiger charge is -2.28. The van der Waals surface area contributed by atoms with E-state index < -0.39 is 0 Å². The van der Waals surface area contributed by atoms with E-state index in [0.717, 1.165) is 42.3 Å². The van der Waals surface area contributed by atoms with Crippen LogP contribution >= 0.6 is 0 Å². The standard InChI is InChI=1S/C21H22FN6/c1-26-9-2-3-15(13-26)20-8-10-27-21(25-20)19(12-24-27)16-11-23-28(14-16)18-6-4-17(22)5-7-18/h4-8,11-12,14-15H,2-3,9-10,13H2,1H3/q+1. The molecule has 3 aliphatic heterocycles. The van der Waals surface area contributed by atoms with Gasteiger partial charge in [-0.05, 0) is 55.7 Å². The average Bonchev–Trinajstić information content (AvgIpc) is 3.35. The van der Waals surface area contributed by atoms with Crippen LogP contribution in [0.15, 0.2) is 64.7 Å². The third kappa shape index (κ3) is 3.11. The molecule has 142 valence electrons. The summed E-state index contributed by atoms with van der Waals surface area (Å²) in [5, 5.41) is 8.94. The molecule has 28 heavy (non-hydrogen) atoms. The smallest absolute Gasteiger partial charge is 0.306 e. The van der Waals surface area contributed by atoms with E-state index in [1.165, 1.54) is 30.7 Å². The van der Waals surface area contributed by atoms with Crippen LogP contribution in [0.5, 0.6) is 0 Å². The van der Waals surface area contributed by atoms with Crippen LogP contribution in [-0.2, 0) is 0 Å². The van der Waals surface area contributed by atoms with Crippen LogP contribution in [0, 0.1) is 11.7 Å². The van der Waals surface area contributed by atoms with Crippen molar-refractivity contribution in [3.05, 3.63) is 66.0 Å². The van der Waals surface area contributed by atoms with Gasteiger partial charge in [-0.1, -0.05) is 5.11 Å². The van der Waals surface area contributed by atoms with Gasteiger partial charge in [0, 0.05) is 30.3 Å². The van der Waals surface area contributed by atoms with Crippen molar-refractivity contribution in [2.75, 3.05) is 26.7 Å². The Morgan fingerprint density at radius 1 is 1.21 bits per heavy atom. The second kappa shape index (κ2) is 6.91. The molecule has 0 N–H and O–H groups in total. The fourth-order valence-corrected chi connectivity index (χ4v) is 4.04. The maximum atomic E-state index is 13.2. The van der Waals surface area contributed by atoms with Crippen LogP contribution < -0.4 is 0 Å². The van der Waals surface area contributed by atoms with Crippen LogP contribution in [-0.4, -0.2) is 51.9 Å². The molecule has 0 aliphatic carbocycles. The van der Waals surface area contributed by atoms with E-state index in [2.05, 4.69) is 28.2 Å². The van der Waals surface area contributed by atoms with Gasteiger partial charge in [-0.3, -0.25) is 0 Å². The zero-order valence-electron chi connectivity index (χ0n) is 15.8. The number of aliphatic imine (C=N–C) groups is 1. The van der Waals surface area contributed by atoms with Gasteiger partial charge >= 0.3 is 5.84 Å². The molecule has 0 spiro atoms. The Balaban J connectivity index is 1.41. The molecule has 1 saturated heterocycles. The van der Waals surface area contributed by atoms with Gasteiger partial charge in [-0.25, -0.2) is 9.07 Å². The number of likely N-dealkylation sites (tertiary alicyclic amines) is 1. The van der Waals surface area contributed by atoms with E-state index in [1.807, 2.05) is 23.3 Å². The van der Waals surface area contributed by atoms with E-state index in [4.69, 9.17) is 4.99 Å². The minimum atomic E-state index is -0.256. The first-order valence-electron chi connectivity index (χ1n) is 9.64. The van der Waals surface area contributed by atoms with E-state index in [-0.39, 0.29) is 5.82 Å². The molecule has 0 amide bonds. The SMILES string of the molecule is CN1CCCC(C2=CC[N+]3=NC=C(c4cnn(-c5ccc(F)cc5)c4)C3=N2)C1. The molecule has 6 nitrogen and oxygen atoms in total. The van der Waals surface area contributed by atoms with Gasteiger partial charge < -0.3 is 4.90 Å². The summed E-state index contributed by atoms with van der Waals surface area (Å²) in [7, 11) is 2.18. The van der Waals surface area contributed by atoms with Crippen molar-refractivity contribution in [3.63, 3.8) is 0 Å². The maximum Gasteiger partial charge on any atom is 0.353 e. The Kier molecular flexibility index (Phi) is 4.24. The van der Waals surface area contributed by atoms with Crippen molar-refractivity contribution in [3.8, 4) is 5.69 Å². The molecular weight excluding hydrogens is 355 g/mol. The summed E-state index contributed by atoms with van der Waals surface area (Å²) in [6.07, 6.45) is 10.2. The molecule has 2 aromatic rings. The molecule has 1 unspecified atom stereocenters. The Hall–Kier alpha value is -2.93. The van der Waals surface area contributed by atoms with Crippen molar-refractivity contribution < 1.29 is 9.09 Å². The summed E-state index contributed by atoms with van der Waals surface area (Å²) in [4.78, 5) is 7.36. The fraction of sp³-hybridized carbons (Fsp3) is 0.333. The highest BCUT2D eigenvalue weighted by atomic mass is 19.1. The zero-order chi connectivity index (χ0) is 19.1. The maximum absolute atomic E-state index is 13.2. The monoisotopic (exact) mass is 377 g/mol. The van der Waals surface area contributed by atoms with Gasteiger partial charge in [0.1, 0.15) is 17.9 Å². The number of hydrogen-bond donors (Lipinski definition) is 0. The number of piperidine rings is 1. The van der Waals surface area contributed by atoms with E-state index >= 15 is 0 Å². The van der Waals surface area contributed by atoms with Crippen molar-refractivity contribution >= 4 is 11.4 Å². The lowest BCUT2D eigenvalue weighted by molar-refractivity contribution is -0.463. The van der Waals surface area contributed by atoms with E-state index in [0.29, 0.717) is 5.92 Å². The minimum absolute atomic E-state index is 0.256. The Bertz CT molecular complexity index is 1030. The minimum Gasteiger partial charge on any atom is -0.306 e. The number of azo groups is 2. The van der Waals surface area contributed by atoms with E-state index in [1.54, 1.807) is 16.8 Å². The number of fused-ring (bicyclic) bond motifs is 1. The summed E-state index contributed by atoms with van der Waals surface area (Å²) in [5.74, 6) is 1.12. The van der Waals surface area contributed by atoms with Gasteiger partial charge in [0.15, 0.2) is 5.70 Å². The Labute approximate surface area is 163 Å². The van der Waals surface area contributed by atoms with Crippen molar-refractivity contribution in [1.82, 2.24) is 14.7 Å². The number of rotatable bonds is 3. The first-order chi connectivity index (χ1) is 13.7. The zero-order valence-corrected chi connectivity index (χ0v) is 15.8. The average molecular weight is 377 g/mol. The second-order valence-electron chi connectivity index (χ2n) is 7.56. The van der Waals surface area contributed by atoms with Crippen LogP contribution in [0.1, 0.15) is 18.4 Å². The number of aromatic nitrogens is 2. The summed E-state index contributed by atoms with van der Waals surface area (Å²) >= 11 is 0. The molecule has 1 atom stereocenters. The van der Waals surface area contributed by atoms with Crippen molar-refractivity contribution in [2.24, 2.45) is 16.0 Å². The van der Waals surface area contributed by atoms with Crippen LogP contribution in [0.25, 0.3) is 11.3 Å². The number of nitrogens with zero attached hydrogens (tertiary/aromatic N) is 6. The first-order valence-corrected chi connectivity index (χ1v) is 9.64. The summed E-state index contributed by atoms with van der Waals surface area (Å²) in [6.45, 7) is 2.97. The van der Waals surface area contributed by atoms with Gasteiger partial charge in [0.2, 0.25) is 0 Å². The normalized spacial score (nSPS) is 22.3. The van der Waals surface area contributed by atoms with Gasteiger partial charge in [-0.15, -0.1) is 4.70 Å². The van der Waals surface area contributed by atoms with E-state index in [9.17, 15) is 4.39 Å². The highest BCUT2D eigenvalue weighted by Gasteiger charge is 2.35. The predicted octanol–water partition coefficient (Wildman–Crippen LogP) is 3.47. The highest BCUT2D eigenvalue weighted by molar-refractivity contribution is 6.19. The molecule has 0 radical (unpaired) electrons. The summed E-state index contributed by atoms with van der Waals surface area (Å²) in [6, 6.07) is 6.30. The summed E-state index contributed by atoms with van der Waals surface area (Å²) < 4.78 is 16.8. The molecule has 1 aromatic carbocycles. The summed E-state index contributed by atoms with van der Waals surface area (Å²) in [5.41, 5.74) is 3.92. The van der Waals surface area contributed by atoms with Gasteiger partial charge in [0.05, 0.1) is 18.1 Å². The van der Waals surface area contributed by atoms with Crippen LogP contribution in [0.3, 0.4) is 0 Å². The molecular formula is C21H22FN6+. The number of amidine groups is 1. The molecule has 1 fully saturated rings. The molecule has 0 bridgehead atoms. The van der Waals surface area contributed by atoms with Crippen molar-refractivity contribution in [2.45, 2.75) is 12.8 Å². The molecule has 0 saturated carbocycles. The third-order valence-corrected chi connectivity index (χ3v) is 5.55. The van der Waals surface area contributed by atoms with Crippen LogP contribution in [0.2, 0.25) is 0 Å². The quantitative estimate of drug-likeness (QED) is 0.769. The lowest BCUT2D eigenvalue weighted by Crippen LogP contribution is -2.34. The Morgan fingerprint density at radius 2 is 2.07 bits per heavy atom. The van der Waals surface area contributed by atoms with Gasteiger partial charge in [0.25, 0.3) is 0 Å². The van der Waals surface area contributed by atoms with Crippen molar-refractivity contribution in [1.29, 1.82) is 0 Å². The first kappa shape index (κ1) is 17.2. The molecule has 4 heterocycles. The lowest BCUT2D eigenvalue weighted by atomic mass is 9.94. The van der Waals surface area contributed by atoms with Crippen LogP contribution in [0.4, 0.5) is 4.39 Å². The highest BCUT2D eigenvalue weighted by Crippen LogP contribution is 2.30. The third-order valence-electron chi connectivity index (χ3n) is 5.55. The van der Waals surface area contributed by atoms with Gasteiger partial charge in [-0.2, -0.15) is 5.10 Å². The molecule has 1 aromatic heterocycles. The molecule has 3 aliphatic rings. The molecule has 5 rings (SSSR count). The number of halogens is 1. The largest absolute Gasteiger partial charge is 0.353 e. The predicted molar refractivity (Wildman–Crippen MR) is 105 cm³/mol. The Morgan fingerprint density at radius 3 is 2.89 bits per heavy atom. The molecule has 7 heteroatoms. The topological polar surface area (TPSA) is 48.8 Å². The number of benzene rings is 1. The fourth-order valence-electron chi connectivity index (χ4n) is 4.04. The number of hydrogen-bond acceptors (Lipinski definition) is 4.